The van der Waals surface area contributed by atoms with Gasteiger partial charge in [-0.3, -0.25) is 9.59 Å². The number of nitrogens with one attached hydrogen (secondary N) is 2. The molecule has 1 heterocycles. The van der Waals surface area contributed by atoms with Gasteiger partial charge in [0, 0.05) is 11.1 Å². The van der Waals surface area contributed by atoms with Crippen LogP contribution in [0, 0.1) is 11.6 Å². The Hall–Kier alpha value is -3.87. The number of carbonyl (C=O) groups is 2. The second kappa shape index (κ2) is 7.63. The van der Waals surface area contributed by atoms with Gasteiger partial charge in [-0.2, -0.15) is 0 Å². The van der Waals surface area contributed by atoms with Crippen LogP contribution in [0.3, 0.4) is 0 Å². The van der Waals surface area contributed by atoms with Crippen molar-refractivity contribution < 1.29 is 18.4 Å². The Morgan fingerprint density at radius 2 is 1.55 bits per heavy atom. The van der Waals surface area contributed by atoms with E-state index in [2.05, 4.69) is 15.6 Å². The van der Waals surface area contributed by atoms with Crippen LogP contribution in [0.5, 0.6) is 0 Å². The molecule has 0 fully saturated rings. The van der Waals surface area contributed by atoms with Crippen LogP contribution in [0.15, 0.2) is 77.8 Å². The normalized spacial score (nSPS) is 15.6. The molecule has 0 radical (unpaired) electrons. The number of aliphatic imine (C=N–C) groups is 1. The van der Waals surface area contributed by atoms with E-state index in [1.807, 2.05) is 30.3 Å². The van der Waals surface area contributed by atoms with E-state index in [1.165, 1.54) is 0 Å². The van der Waals surface area contributed by atoms with Crippen molar-refractivity contribution in [1.29, 1.82) is 0 Å². The van der Waals surface area contributed by atoms with Gasteiger partial charge in [-0.05, 0) is 18.2 Å². The lowest BCUT2D eigenvalue weighted by Gasteiger charge is -2.14. The molecule has 1 aliphatic heterocycles. The van der Waals surface area contributed by atoms with E-state index in [1.54, 1.807) is 24.3 Å². The van der Waals surface area contributed by atoms with Crippen molar-refractivity contribution >= 4 is 23.2 Å². The molecule has 0 saturated carbocycles. The van der Waals surface area contributed by atoms with Gasteiger partial charge in [0.1, 0.15) is 17.2 Å². The maximum Gasteiger partial charge on any atom is 0.269 e. The molecule has 7 heteroatoms. The number of anilines is 1. The third-order valence-corrected chi connectivity index (χ3v) is 4.45. The van der Waals surface area contributed by atoms with Crippen LogP contribution in [0.25, 0.3) is 0 Å². The molecule has 3 aromatic carbocycles. The number of benzene rings is 3. The van der Waals surface area contributed by atoms with Crippen molar-refractivity contribution in [1.82, 2.24) is 5.32 Å². The zero-order valence-electron chi connectivity index (χ0n) is 15.0. The molecule has 0 aliphatic carbocycles. The van der Waals surface area contributed by atoms with Gasteiger partial charge >= 0.3 is 0 Å². The minimum atomic E-state index is -1.37. The molecule has 3 aromatic rings. The number of amides is 2. The highest BCUT2D eigenvalue weighted by molar-refractivity contribution is 6.20. The van der Waals surface area contributed by atoms with Crippen molar-refractivity contribution in [3.05, 3.63) is 101 Å². The molecule has 2 N–H and O–H groups in total. The van der Waals surface area contributed by atoms with Gasteiger partial charge in [0.05, 0.1) is 11.4 Å². The van der Waals surface area contributed by atoms with E-state index < -0.39 is 35.2 Å². The summed E-state index contributed by atoms with van der Waals surface area (Å²) in [5.74, 6) is -3.73. The van der Waals surface area contributed by atoms with E-state index in [0.717, 1.165) is 23.8 Å². The van der Waals surface area contributed by atoms with Crippen LogP contribution in [0.4, 0.5) is 14.5 Å². The minimum absolute atomic E-state index is 0.471. The first-order chi connectivity index (χ1) is 14.0. The molecular formula is C22H15F2N3O2. The number of rotatable bonds is 3. The summed E-state index contributed by atoms with van der Waals surface area (Å²) in [6.07, 6.45) is -1.37. The molecule has 4 rings (SSSR count). The van der Waals surface area contributed by atoms with Crippen LogP contribution in [0.2, 0.25) is 0 Å². The molecule has 1 atom stereocenters. The summed E-state index contributed by atoms with van der Waals surface area (Å²) < 4.78 is 27.9. The third-order valence-electron chi connectivity index (χ3n) is 4.45. The van der Waals surface area contributed by atoms with E-state index >= 15 is 0 Å². The van der Waals surface area contributed by atoms with E-state index in [9.17, 15) is 18.4 Å². The fourth-order valence-electron chi connectivity index (χ4n) is 3.09. The Morgan fingerprint density at radius 1 is 0.897 bits per heavy atom. The Bertz CT molecular complexity index is 1110. The summed E-state index contributed by atoms with van der Waals surface area (Å²) in [5, 5.41) is 5.03. The lowest BCUT2D eigenvalue weighted by atomic mass is 10.0. The highest BCUT2D eigenvalue weighted by Gasteiger charge is 2.28. The Kier molecular flexibility index (Phi) is 4.87. The van der Waals surface area contributed by atoms with Gasteiger partial charge in [-0.25, -0.2) is 13.8 Å². The molecule has 0 bridgehead atoms. The second-order valence-electron chi connectivity index (χ2n) is 6.35. The van der Waals surface area contributed by atoms with Gasteiger partial charge in [0.2, 0.25) is 6.17 Å². The fraction of sp³-hybridized carbons (Fsp3) is 0.0455. The standard InChI is InChI=1S/C22H15F2N3O2/c23-15-10-6-11-16(24)18(15)21(28)27-20-22(29)25-17-12-5-4-9-14(17)19(26-20)13-7-2-1-3-8-13/h1-12,20H,(H,25,29)(H,27,28). The maximum absolute atomic E-state index is 14.0. The summed E-state index contributed by atoms with van der Waals surface area (Å²) in [4.78, 5) is 29.6. The van der Waals surface area contributed by atoms with Crippen LogP contribution >= 0.6 is 0 Å². The van der Waals surface area contributed by atoms with Gasteiger partial charge in [-0.15, -0.1) is 0 Å². The first-order valence-electron chi connectivity index (χ1n) is 8.83. The number of halogens is 2. The van der Waals surface area contributed by atoms with Crippen LogP contribution in [0.1, 0.15) is 21.5 Å². The van der Waals surface area contributed by atoms with E-state index in [-0.39, 0.29) is 0 Å². The predicted molar refractivity (Wildman–Crippen MR) is 105 cm³/mol. The number of fused-ring (bicyclic) bond motifs is 1. The highest BCUT2D eigenvalue weighted by atomic mass is 19.1. The van der Waals surface area contributed by atoms with Crippen molar-refractivity contribution in [2.45, 2.75) is 6.17 Å². The second-order valence-corrected chi connectivity index (χ2v) is 6.35. The summed E-state index contributed by atoms with van der Waals surface area (Å²) in [7, 11) is 0. The molecule has 2 amide bonds. The third kappa shape index (κ3) is 3.62. The van der Waals surface area contributed by atoms with Crippen molar-refractivity contribution in [3.8, 4) is 0 Å². The Balaban J connectivity index is 1.76. The quantitative estimate of drug-likeness (QED) is 0.717. The van der Waals surface area contributed by atoms with Crippen LogP contribution < -0.4 is 10.6 Å². The smallest absolute Gasteiger partial charge is 0.269 e. The zero-order chi connectivity index (χ0) is 20.4. The summed E-state index contributed by atoms with van der Waals surface area (Å²) in [6, 6.07) is 19.3. The number of benzodiazepines with no additional fused rings is 1. The van der Waals surface area contributed by atoms with Gasteiger partial charge in [0.15, 0.2) is 0 Å². The number of nitrogens with zero attached hydrogens (tertiary/aromatic N) is 1. The van der Waals surface area contributed by atoms with Gasteiger partial charge < -0.3 is 10.6 Å². The van der Waals surface area contributed by atoms with Gasteiger partial charge in [0.25, 0.3) is 11.8 Å². The number of hydrogen-bond acceptors (Lipinski definition) is 3. The van der Waals surface area contributed by atoms with E-state index in [4.69, 9.17) is 0 Å². The molecule has 29 heavy (non-hydrogen) atoms. The summed E-state index contributed by atoms with van der Waals surface area (Å²) in [6.45, 7) is 0. The van der Waals surface area contributed by atoms with Crippen molar-refractivity contribution in [2.75, 3.05) is 5.32 Å². The first-order valence-corrected chi connectivity index (χ1v) is 8.83. The largest absolute Gasteiger partial charge is 0.322 e. The average molecular weight is 391 g/mol. The first kappa shape index (κ1) is 18.5. The number of para-hydroxylation sites is 1. The van der Waals surface area contributed by atoms with Crippen LogP contribution in [-0.2, 0) is 4.79 Å². The van der Waals surface area contributed by atoms with Crippen LogP contribution in [-0.4, -0.2) is 23.7 Å². The van der Waals surface area contributed by atoms with Crippen molar-refractivity contribution in [3.63, 3.8) is 0 Å². The zero-order valence-corrected chi connectivity index (χ0v) is 15.0. The predicted octanol–water partition coefficient (Wildman–Crippen LogP) is 3.51. The van der Waals surface area contributed by atoms with Gasteiger partial charge in [-0.1, -0.05) is 54.6 Å². The lowest BCUT2D eigenvalue weighted by molar-refractivity contribution is -0.117. The molecule has 1 unspecified atom stereocenters. The molecular weight excluding hydrogens is 376 g/mol. The number of carbonyl (C=O) groups excluding carboxylic acids is 2. The lowest BCUT2D eigenvalue weighted by Crippen LogP contribution is -2.42. The SMILES string of the molecule is O=C(NC1N=C(c2ccccc2)c2ccccc2NC1=O)c1c(F)cccc1F. The highest BCUT2D eigenvalue weighted by Crippen LogP contribution is 2.24. The summed E-state index contributed by atoms with van der Waals surface area (Å²) >= 11 is 0. The maximum atomic E-state index is 14.0. The molecule has 1 aliphatic rings. The minimum Gasteiger partial charge on any atom is -0.322 e. The van der Waals surface area contributed by atoms with E-state index in [0.29, 0.717) is 17.0 Å². The molecule has 0 spiro atoms. The Labute approximate surface area is 165 Å². The molecule has 0 aromatic heterocycles. The molecule has 5 nitrogen and oxygen atoms in total. The van der Waals surface area contributed by atoms with Crippen molar-refractivity contribution in [2.24, 2.45) is 4.99 Å². The topological polar surface area (TPSA) is 70.6 Å². The number of hydrogen-bond donors (Lipinski definition) is 2. The monoisotopic (exact) mass is 391 g/mol. The fourth-order valence-corrected chi connectivity index (χ4v) is 3.09. The summed E-state index contributed by atoms with van der Waals surface area (Å²) in [5.41, 5.74) is 1.62. The average Bonchev–Trinajstić information content (AvgIpc) is 2.85. The molecule has 144 valence electrons. The molecule has 0 saturated heterocycles. The Morgan fingerprint density at radius 3 is 2.28 bits per heavy atom.